The van der Waals surface area contributed by atoms with E-state index in [0.717, 1.165) is 83.5 Å². The van der Waals surface area contributed by atoms with Crippen LogP contribution in [-0.2, 0) is 28.6 Å². The quantitative estimate of drug-likeness (QED) is 0.0262. The molecule has 0 aromatic heterocycles. The Balaban J connectivity index is 3.97. The monoisotopic (exact) mass is 897 g/mol. The van der Waals surface area contributed by atoms with Gasteiger partial charge in [-0.15, -0.1) is 0 Å². The number of hydrogen-bond donors (Lipinski definition) is 0. The maximum Gasteiger partial charge on any atom is 0.306 e. The normalized spacial score (nSPS) is 12.4. The molecule has 0 aliphatic rings. The second-order valence-electron chi connectivity index (χ2n) is 18.5. The van der Waals surface area contributed by atoms with Crippen LogP contribution in [0.1, 0.15) is 284 Å². The van der Waals surface area contributed by atoms with Gasteiger partial charge in [-0.3, -0.25) is 14.4 Å². The van der Waals surface area contributed by atoms with E-state index in [1.54, 1.807) is 0 Å². The van der Waals surface area contributed by atoms with Crippen LogP contribution in [0.25, 0.3) is 0 Å². The molecule has 0 aromatic rings. The summed E-state index contributed by atoms with van der Waals surface area (Å²) >= 11 is 0. The summed E-state index contributed by atoms with van der Waals surface area (Å²) in [4.78, 5) is 37.7. The van der Waals surface area contributed by atoms with Crippen LogP contribution >= 0.6 is 0 Å². The predicted molar refractivity (Wildman–Crippen MR) is 275 cm³/mol. The SMILES string of the molecule is CC/C=C\C/C=C\C/C=C\C/C=C\CCCCCCCCCCCCCCCCCCC(=O)OCC(COC(=O)CCCCCCCC)OC(=O)CCCCCCCCCCCCC. The average Bonchev–Trinajstić information content (AvgIpc) is 3.29. The fraction of sp³-hybridized carbons (Fsp3) is 0.810. The van der Waals surface area contributed by atoms with Crippen LogP contribution in [0.5, 0.6) is 0 Å². The highest BCUT2D eigenvalue weighted by molar-refractivity contribution is 5.71. The smallest absolute Gasteiger partial charge is 0.306 e. The molecule has 0 aromatic carbocycles. The third kappa shape index (κ3) is 50.4. The number of unbranched alkanes of at least 4 members (excludes halogenated alkanes) is 31. The highest BCUT2D eigenvalue weighted by Crippen LogP contribution is 2.16. The number of allylic oxidation sites excluding steroid dienone is 8. The molecule has 0 saturated heterocycles. The Hall–Kier alpha value is -2.63. The first kappa shape index (κ1) is 61.4. The van der Waals surface area contributed by atoms with Gasteiger partial charge < -0.3 is 14.2 Å². The molecule has 0 heterocycles. The molecule has 0 bridgehead atoms. The van der Waals surface area contributed by atoms with E-state index in [9.17, 15) is 14.4 Å². The third-order valence-corrected chi connectivity index (χ3v) is 12.1. The van der Waals surface area contributed by atoms with Crippen molar-refractivity contribution in [2.24, 2.45) is 0 Å². The summed E-state index contributed by atoms with van der Waals surface area (Å²) in [6.45, 7) is 6.48. The van der Waals surface area contributed by atoms with E-state index in [1.165, 1.54) is 161 Å². The number of hydrogen-bond acceptors (Lipinski definition) is 6. The molecular formula is C58H104O6. The Kier molecular flexibility index (Phi) is 50.8. The predicted octanol–water partition coefficient (Wildman–Crippen LogP) is 18.3. The lowest BCUT2D eigenvalue weighted by Crippen LogP contribution is -2.30. The van der Waals surface area contributed by atoms with E-state index >= 15 is 0 Å². The number of esters is 3. The Labute approximate surface area is 397 Å². The Morgan fingerprint density at radius 1 is 0.328 bits per heavy atom. The lowest BCUT2D eigenvalue weighted by atomic mass is 10.0. The van der Waals surface area contributed by atoms with Gasteiger partial charge in [0.1, 0.15) is 13.2 Å². The van der Waals surface area contributed by atoms with Crippen LogP contribution in [-0.4, -0.2) is 37.2 Å². The maximum atomic E-state index is 12.7. The van der Waals surface area contributed by atoms with Crippen molar-refractivity contribution in [3.05, 3.63) is 48.6 Å². The average molecular weight is 897 g/mol. The van der Waals surface area contributed by atoms with Gasteiger partial charge in [-0.1, -0.05) is 256 Å². The number of carbonyl (C=O) groups is 3. The molecular weight excluding hydrogens is 793 g/mol. The summed E-state index contributed by atoms with van der Waals surface area (Å²) in [6, 6.07) is 0. The van der Waals surface area contributed by atoms with Crippen LogP contribution < -0.4 is 0 Å². The van der Waals surface area contributed by atoms with E-state index in [0.29, 0.717) is 19.3 Å². The second-order valence-corrected chi connectivity index (χ2v) is 18.5. The summed E-state index contributed by atoms with van der Waals surface area (Å²) in [6.07, 6.45) is 64.3. The van der Waals surface area contributed by atoms with Crippen LogP contribution in [0.2, 0.25) is 0 Å². The van der Waals surface area contributed by atoms with Crippen molar-refractivity contribution >= 4 is 17.9 Å². The molecule has 6 heteroatoms. The largest absolute Gasteiger partial charge is 0.462 e. The molecule has 0 aliphatic heterocycles. The van der Waals surface area contributed by atoms with Gasteiger partial charge in [0.2, 0.25) is 0 Å². The van der Waals surface area contributed by atoms with Gasteiger partial charge in [-0.05, 0) is 57.8 Å². The molecule has 1 unspecified atom stereocenters. The highest BCUT2D eigenvalue weighted by Gasteiger charge is 2.19. The van der Waals surface area contributed by atoms with Crippen molar-refractivity contribution in [1.29, 1.82) is 0 Å². The third-order valence-electron chi connectivity index (χ3n) is 12.1. The van der Waals surface area contributed by atoms with Crippen molar-refractivity contribution in [3.8, 4) is 0 Å². The lowest BCUT2D eigenvalue weighted by Gasteiger charge is -2.18. The summed E-state index contributed by atoms with van der Waals surface area (Å²) in [5.41, 5.74) is 0. The minimum absolute atomic E-state index is 0.0686. The first-order valence-corrected chi connectivity index (χ1v) is 27.6. The molecule has 64 heavy (non-hydrogen) atoms. The summed E-state index contributed by atoms with van der Waals surface area (Å²) in [5.74, 6) is -0.869. The van der Waals surface area contributed by atoms with Gasteiger partial charge in [-0.2, -0.15) is 0 Å². The number of rotatable bonds is 50. The Morgan fingerprint density at radius 2 is 0.609 bits per heavy atom. The zero-order chi connectivity index (χ0) is 46.5. The highest BCUT2D eigenvalue weighted by atomic mass is 16.6. The van der Waals surface area contributed by atoms with Gasteiger partial charge in [0.15, 0.2) is 6.10 Å². The summed E-state index contributed by atoms with van der Waals surface area (Å²) in [5, 5.41) is 0. The van der Waals surface area contributed by atoms with Crippen LogP contribution in [0, 0.1) is 0 Å². The fourth-order valence-corrected chi connectivity index (χ4v) is 7.96. The van der Waals surface area contributed by atoms with E-state index < -0.39 is 6.10 Å². The van der Waals surface area contributed by atoms with E-state index in [-0.39, 0.29) is 31.1 Å². The van der Waals surface area contributed by atoms with Gasteiger partial charge in [0.05, 0.1) is 0 Å². The molecule has 0 N–H and O–H groups in total. The summed E-state index contributed by atoms with van der Waals surface area (Å²) in [7, 11) is 0. The number of ether oxygens (including phenoxy) is 3. The van der Waals surface area contributed by atoms with Gasteiger partial charge in [0, 0.05) is 19.3 Å². The van der Waals surface area contributed by atoms with Gasteiger partial charge in [-0.25, -0.2) is 0 Å². The first-order valence-electron chi connectivity index (χ1n) is 27.6. The maximum absolute atomic E-state index is 12.7. The van der Waals surface area contributed by atoms with Gasteiger partial charge >= 0.3 is 17.9 Å². The van der Waals surface area contributed by atoms with Crippen LogP contribution in [0.3, 0.4) is 0 Å². The second kappa shape index (κ2) is 53.0. The van der Waals surface area contributed by atoms with Crippen molar-refractivity contribution in [2.45, 2.75) is 290 Å². The topological polar surface area (TPSA) is 78.9 Å². The molecule has 6 nitrogen and oxygen atoms in total. The minimum atomic E-state index is -0.763. The van der Waals surface area contributed by atoms with Crippen molar-refractivity contribution in [1.82, 2.24) is 0 Å². The molecule has 0 radical (unpaired) electrons. The molecule has 0 rings (SSSR count). The molecule has 372 valence electrons. The Morgan fingerprint density at radius 3 is 0.953 bits per heavy atom. The van der Waals surface area contributed by atoms with Crippen LogP contribution in [0.15, 0.2) is 48.6 Å². The Bertz CT molecular complexity index is 1120. The van der Waals surface area contributed by atoms with Gasteiger partial charge in [0.25, 0.3) is 0 Å². The lowest BCUT2D eigenvalue weighted by molar-refractivity contribution is -0.167. The van der Waals surface area contributed by atoms with Crippen molar-refractivity contribution in [2.75, 3.05) is 13.2 Å². The van der Waals surface area contributed by atoms with E-state index in [2.05, 4.69) is 69.4 Å². The summed E-state index contributed by atoms with van der Waals surface area (Å²) < 4.78 is 16.7. The number of carbonyl (C=O) groups excluding carboxylic acids is 3. The molecule has 0 aliphatic carbocycles. The zero-order valence-corrected chi connectivity index (χ0v) is 42.6. The fourth-order valence-electron chi connectivity index (χ4n) is 7.96. The zero-order valence-electron chi connectivity index (χ0n) is 42.6. The van der Waals surface area contributed by atoms with Crippen molar-refractivity contribution in [3.63, 3.8) is 0 Å². The van der Waals surface area contributed by atoms with Crippen LogP contribution in [0.4, 0.5) is 0 Å². The molecule has 1 atom stereocenters. The standard InChI is InChI=1S/C58H104O6/c1-4-7-10-13-16-18-20-21-22-23-24-25-26-27-28-29-30-31-32-33-34-35-36-37-39-40-42-45-48-51-57(60)63-54-55(53-62-56(59)50-47-44-15-12-9-6-3)64-58(61)52-49-46-43-41-38-19-17-14-11-8-5-2/h7,10,16,18,21-22,24-25,55H,4-6,8-9,11-15,17,19-20,23,26-54H2,1-3H3/b10-7-,18-16-,22-21-,25-24-. The first-order chi connectivity index (χ1) is 31.5. The molecule has 0 saturated carbocycles. The molecule has 0 spiro atoms. The van der Waals surface area contributed by atoms with E-state index in [4.69, 9.17) is 14.2 Å². The minimum Gasteiger partial charge on any atom is -0.462 e. The molecule has 0 fully saturated rings. The van der Waals surface area contributed by atoms with Crippen molar-refractivity contribution < 1.29 is 28.6 Å². The molecule has 0 amide bonds. The van der Waals surface area contributed by atoms with E-state index in [1.807, 2.05) is 0 Å².